The Balaban J connectivity index is 2.43. The maximum absolute atomic E-state index is 11.3. The van der Waals surface area contributed by atoms with Gasteiger partial charge >= 0.3 is 0 Å². The monoisotopic (exact) mass is 217 g/mol. The molecule has 1 rings (SSSR count). The minimum Gasteiger partial charge on any atom is -0.508 e. The Kier molecular flexibility index (Phi) is 4.86. The highest BCUT2D eigenvalue weighted by molar-refractivity contribution is 5.87. The summed E-state index contributed by atoms with van der Waals surface area (Å²) in [6.45, 7) is 2.29. The zero-order valence-corrected chi connectivity index (χ0v) is 9.18. The van der Waals surface area contributed by atoms with E-state index in [2.05, 4.69) is 5.32 Å². The van der Waals surface area contributed by atoms with Gasteiger partial charge in [-0.15, -0.1) is 0 Å². The van der Waals surface area contributed by atoms with Crippen molar-refractivity contribution in [2.45, 2.75) is 13.5 Å². The molecule has 3 heteroatoms. The molecule has 0 atom stereocenters. The summed E-state index contributed by atoms with van der Waals surface area (Å²) in [5.41, 5.74) is 0.868. The number of rotatable bonds is 4. The van der Waals surface area contributed by atoms with Gasteiger partial charge in [-0.05, 0) is 24.6 Å². The van der Waals surface area contributed by atoms with Gasteiger partial charge < -0.3 is 10.4 Å². The molecule has 0 aliphatic carbocycles. The molecule has 0 bridgehead atoms. The van der Waals surface area contributed by atoms with E-state index in [4.69, 9.17) is 0 Å². The van der Waals surface area contributed by atoms with E-state index in [0.717, 1.165) is 5.56 Å². The van der Waals surface area contributed by atoms with Crippen LogP contribution in [0.2, 0.25) is 0 Å². The van der Waals surface area contributed by atoms with Gasteiger partial charge in [-0.3, -0.25) is 4.79 Å². The summed E-state index contributed by atoms with van der Waals surface area (Å²) >= 11 is 0. The fourth-order valence-corrected chi connectivity index (χ4v) is 1.17. The molecule has 0 spiro atoms. The number of hydrogen-bond acceptors (Lipinski definition) is 2. The highest BCUT2D eigenvalue weighted by Crippen LogP contribution is 2.10. The van der Waals surface area contributed by atoms with Crippen LogP contribution in [0.5, 0.6) is 5.75 Å². The highest BCUT2D eigenvalue weighted by atomic mass is 16.3. The minimum absolute atomic E-state index is 0.151. The summed E-state index contributed by atoms with van der Waals surface area (Å²) in [6.07, 6.45) is 6.77. The van der Waals surface area contributed by atoms with Crippen molar-refractivity contribution in [1.82, 2.24) is 5.32 Å². The lowest BCUT2D eigenvalue weighted by Crippen LogP contribution is -2.20. The van der Waals surface area contributed by atoms with Crippen LogP contribution in [0.1, 0.15) is 12.5 Å². The smallest absolute Gasteiger partial charge is 0.244 e. The molecular weight excluding hydrogens is 202 g/mol. The third kappa shape index (κ3) is 4.46. The predicted molar refractivity (Wildman–Crippen MR) is 63.9 cm³/mol. The molecule has 0 unspecified atom stereocenters. The van der Waals surface area contributed by atoms with E-state index in [0.29, 0.717) is 6.54 Å². The van der Waals surface area contributed by atoms with Crippen molar-refractivity contribution >= 4 is 5.91 Å². The van der Waals surface area contributed by atoms with E-state index < -0.39 is 0 Å². The number of phenols is 1. The summed E-state index contributed by atoms with van der Waals surface area (Å²) in [5.74, 6) is 0.0534. The molecule has 1 amide bonds. The molecule has 0 aliphatic heterocycles. The predicted octanol–water partition coefficient (Wildman–Crippen LogP) is 2.14. The van der Waals surface area contributed by atoms with E-state index in [-0.39, 0.29) is 11.7 Å². The van der Waals surface area contributed by atoms with Gasteiger partial charge in [0.15, 0.2) is 0 Å². The Morgan fingerprint density at radius 2 is 2.25 bits per heavy atom. The molecule has 0 heterocycles. The van der Waals surface area contributed by atoms with Crippen molar-refractivity contribution in [3.05, 3.63) is 54.1 Å². The van der Waals surface area contributed by atoms with Crippen LogP contribution in [0.25, 0.3) is 0 Å². The first-order chi connectivity index (χ1) is 7.72. The topological polar surface area (TPSA) is 49.3 Å². The Labute approximate surface area is 95.1 Å². The molecular formula is C13H15NO2. The number of hydrogen-bond donors (Lipinski definition) is 2. The minimum atomic E-state index is -0.151. The van der Waals surface area contributed by atoms with Crippen LogP contribution in [0.4, 0.5) is 0 Å². The highest BCUT2D eigenvalue weighted by Gasteiger charge is 1.96. The SMILES string of the molecule is C/C=C/C=C/C(=O)NCc1cccc(O)c1. The van der Waals surface area contributed by atoms with Crippen molar-refractivity contribution in [3.63, 3.8) is 0 Å². The van der Waals surface area contributed by atoms with E-state index in [9.17, 15) is 9.90 Å². The van der Waals surface area contributed by atoms with Crippen LogP contribution in [0.3, 0.4) is 0 Å². The van der Waals surface area contributed by atoms with Gasteiger partial charge in [-0.25, -0.2) is 0 Å². The summed E-state index contributed by atoms with van der Waals surface area (Å²) < 4.78 is 0. The van der Waals surface area contributed by atoms with Crippen molar-refractivity contribution in [3.8, 4) is 5.75 Å². The molecule has 0 aromatic heterocycles. The molecule has 2 N–H and O–H groups in total. The molecule has 0 aliphatic rings. The van der Waals surface area contributed by atoms with Crippen LogP contribution in [0.15, 0.2) is 48.6 Å². The van der Waals surface area contributed by atoms with E-state index >= 15 is 0 Å². The second-order valence-corrected chi connectivity index (χ2v) is 3.27. The van der Waals surface area contributed by atoms with Crippen molar-refractivity contribution in [2.24, 2.45) is 0 Å². The number of carbonyl (C=O) groups is 1. The fraction of sp³-hybridized carbons (Fsp3) is 0.154. The fourth-order valence-electron chi connectivity index (χ4n) is 1.17. The molecule has 3 nitrogen and oxygen atoms in total. The van der Waals surface area contributed by atoms with Gasteiger partial charge in [-0.2, -0.15) is 0 Å². The third-order valence-corrected chi connectivity index (χ3v) is 1.93. The zero-order valence-electron chi connectivity index (χ0n) is 9.18. The Morgan fingerprint density at radius 3 is 2.94 bits per heavy atom. The van der Waals surface area contributed by atoms with Gasteiger partial charge in [0.1, 0.15) is 5.75 Å². The Hall–Kier alpha value is -2.03. The maximum Gasteiger partial charge on any atom is 0.244 e. The van der Waals surface area contributed by atoms with Crippen LogP contribution in [0, 0.1) is 0 Å². The summed E-state index contributed by atoms with van der Waals surface area (Å²) in [7, 11) is 0. The van der Waals surface area contributed by atoms with Crippen LogP contribution in [-0.4, -0.2) is 11.0 Å². The van der Waals surface area contributed by atoms with E-state index in [1.165, 1.54) is 6.08 Å². The first-order valence-electron chi connectivity index (χ1n) is 5.07. The lowest BCUT2D eigenvalue weighted by Gasteiger charge is -2.02. The number of aromatic hydroxyl groups is 1. The molecule has 16 heavy (non-hydrogen) atoms. The van der Waals surface area contributed by atoms with Gasteiger partial charge in [0.2, 0.25) is 5.91 Å². The number of phenolic OH excluding ortho intramolecular Hbond substituents is 1. The quantitative estimate of drug-likeness (QED) is 0.599. The molecule has 0 saturated heterocycles. The van der Waals surface area contributed by atoms with Crippen LogP contribution in [-0.2, 0) is 11.3 Å². The number of benzene rings is 1. The van der Waals surface area contributed by atoms with Gasteiger partial charge in [0.25, 0.3) is 0 Å². The molecule has 0 saturated carbocycles. The van der Waals surface area contributed by atoms with E-state index in [1.807, 2.05) is 19.1 Å². The third-order valence-electron chi connectivity index (χ3n) is 1.93. The lowest BCUT2D eigenvalue weighted by atomic mass is 10.2. The van der Waals surface area contributed by atoms with Crippen molar-refractivity contribution in [1.29, 1.82) is 0 Å². The normalized spacial score (nSPS) is 11.1. The van der Waals surface area contributed by atoms with Gasteiger partial charge in [-0.1, -0.05) is 30.4 Å². The zero-order chi connectivity index (χ0) is 11.8. The second kappa shape index (κ2) is 6.45. The summed E-state index contributed by atoms with van der Waals surface area (Å²) in [5, 5.41) is 11.9. The lowest BCUT2D eigenvalue weighted by molar-refractivity contribution is -0.116. The van der Waals surface area contributed by atoms with Gasteiger partial charge in [0.05, 0.1) is 0 Å². The maximum atomic E-state index is 11.3. The standard InChI is InChI=1S/C13H15NO2/c1-2-3-4-8-13(16)14-10-11-6-5-7-12(15)9-11/h2-9,15H,10H2,1H3,(H,14,16)/b3-2+,8-4+. The largest absolute Gasteiger partial charge is 0.508 e. The number of amides is 1. The average molecular weight is 217 g/mol. The first-order valence-corrected chi connectivity index (χ1v) is 5.07. The van der Waals surface area contributed by atoms with E-state index in [1.54, 1.807) is 30.4 Å². The van der Waals surface area contributed by atoms with Gasteiger partial charge in [0, 0.05) is 12.6 Å². The molecule has 0 radical (unpaired) electrons. The number of allylic oxidation sites excluding steroid dienone is 3. The second-order valence-electron chi connectivity index (χ2n) is 3.27. The average Bonchev–Trinajstić information content (AvgIpc) is 2.27. The Morgan fingerprint density at radius 1 is 1.44 bits per heavy atom. The summed E-state index contributed by atoms with van der Waals surface area (Å²) in [6, 6.07) is 6.80. The number of carbonyl (C=O) groups excluding carboxylic acids is 1. The molecule has 0 fully saturated rings. The molecule has 84 valence electrons. The van der Waals surface area contributed by atoms with Crippen molar-refractivity contribution < 1.29 is 9.90 Å². The Bertz CT molecular complexity index is 408. The van der Waals surface area contributed by atoms with Crippen molar-refractivity contribution in [2.75, 3.05) is 0 Å². The summed E-state index contributed by atoms with van der Waals surface area (Å²) in [4.78, 5) is 11.3. The molecule has 1 aromatic carbocycles. The first kappa shape index (κ1) is 12.0. The number of nitrogens with one attached hydrogen (secondary N) is 1. The van der Waals surface area contributed by atoms with Crippen LogP contribution < -0.4 is 5.32 Å². The molecule has 1 aromatic rings. The van der Waals surface area contributed by atoms with Crippen LogP contribution >= 0.6 is 0 Å².